The van der Waals surface area contributed by atoms with Crippen molar-refractivity contribution in [1.29, 1.82) is 0 Å². The molecule has 9 heteroatoms. The Bertz CT molecular complexity index is 579. The minimum atomic E-state index is -3.94. The van der Waals surface area contributed by atoms with Crippen molar-refractivity contribution in [2.75, 3.05) is 13.1 Å². The second kappa shape index (κ2) is 4.34. The fourth-order valence-electron chi connectivity index (χ4n) is 1.94. The Balaban J connectivity index is 2.48. The summed E-state index contributed by atoms with van der Waals surface area (Å²) in [5, 5.41) is 24.1. The van der Waals surface area contributed by atoms with Crippen LogP contribution in [0, 0.1) is 6.92 Å². The Hall–Kier alpha value is -1.45. The smallest absolute Gasteiger partial charge is 0.357 e. The molecular weight excluding hydrogens is 262 g/mol. The van der Waals surface area contributed by atoms with Gasteiger partial charge in [0.1, 0.15) is 4.90 Å². The van der Waals surface area contributed by atoms with E-state index < -0.39 is 27.8 Å². The van der Waals surface area contributed by atoms with Crippen LogP contribution in [0.15, 0.2) is 4.90 Å². The average molecular weight is 275 g/mol. The van der Waals surface area contributed by atoms with Gasteiger partial charge in [-0.15, -0.1) is 0 Å². The van der Waals surface area contributed by atoms with Crippen molar-refractivity contribution in [1.82, 2.24) is 14.5 Å². The molecule has 1 fully saturated rings. The van der Waals surface area contributed by atoms with Gasteiger partial charge in [-0.25, -0.2) is 13.2 Å². The van der Waals surface area contributed by atoms with Crippen LogP contribution in [0.4, 0.5) is 0 Å². The lowest BCUT2D eigenvalue weighted by molar-refractivity contribution is 0.0686. The summed E-state index contributed by atoms with van der Waals surface area (Å²) >= 11 is 0. The van der Waals surface area contributed by atoms with Crippen LogP contribution in [0.2, 0.25) is 0 Å². The Kier molecular flexibility index (Phi) is 3.13. The number of β-amino-alcohol motifs (C(OH)–C–C–N with tert-alkyl or cyclic N) is 1. The maximum atomic E-state index is 12.3. The molecule has 100 valence electrons. The highest BCUT2D eigenvalue weighted by molar-refractivity contribution is 7.89. The average Bonchev–Trinajstić information content (AvgIpc) is 2.84. The van der Waals surface area contributed by atoms with E-state index in [0.717, 1.165) is 4.31 Å². The number of carboxylic acids is 1. The molecule has 1 aliphatic heterocycles. The molecule has 2 rings (SSSR count). The number of aromatic amines is 1. The van der Waals surface area contributed by atoms with Gasteiger partial charge in [0.25, 0.3) is 0 Å². The Morgan fingerprint density at radius 3 is 2.72 bits per heavy atom. The van der Waals surface area contributed by atoms with Crippen LogP contribution in [-0.4, -0.2) is 58.3 Å². The molecule has 1 aromatic rings. The van der Waals surface area contributed by atoms with Crippen LogP contribution in [0.3, 0.4) is 0 Å². The van der Waals surface area contributed by atoms with Gasteiger partial charge in [0.2, 0.25) is 10.0 Å². The first-order chi connectivity index (χ1) is 8.34. The monoisotopic (exact) mass is 275 g/mol. The number of aryl methyl sites for hydroxylation is 1. The normalized spacial score (nSPS) is 21.3. The molecule has 1 atom stereocenters. The maximum Gasteiger partial charge on any atom is 0.357 e. The lowest BCUT2D eigenvalue weighted by Gasteiger charge is -2.15. The summed E-state index contributed by atoms with van der Waals surface area (Å²) in [5.74, 6) is -1.40. The number of carboxylic acid groups (broad SMARTS) is 1. The molecule has 0 aromatic carbocycles. The number of rotatable bonds is 3. The number of nitrogens with one attached hydrogen (secondary N) is 1. The summed E-state index contributed by atoms with van der Waals surface area (Å²) in [5.41, 5.74) is -0.345. The van der Waals surface area contributed by atoms with Gasteiger partial charge < -0.3 is 10.2 Å². The first kappa shape index (κ1) is 13.0. The van der Waals surface area contributed by atoms with Gasteiger partial charge in [-0.2, -0.15) is 9.40 Å². The van der Waals surface area contributed by atoms with Gasteiger partial charge in [-0.05, 0) is 13.3 Å². The van der Waals surface area contributed by atoms with Gasteiger partial charge in [-0.1, -0.05) is 0 Å². The number of aliphatic hydroxyl groups is 1. The molecule has 8 nitrogen and oxygen atoms in total. The van der Waals surface area contributed by atoms with E-state index in [1.807, 2.05) is 0 Å². The molecule has 0 bridgehead atoms. The molecule has 0 aliphatic carbocycles. The van der Waals surface area contributed by atoms with Crippen molar-refractivity contribution < 1.29 is 23.4 Å². The van der Waals surface area contributed by atoms with Crippen LogP contribution in [0.25, 0.3) is 0 Å². The third-order valence-electron chi connectivity index (χ3n) is 2.82. The zero-order valence-corrected chi connectivity index (χ0v) is 10.4. The van der Waals surface area contributed by atoms with E-state index in [0.29, 0.717) is 6.42 Å². The molecule has 3 N–H and O–H groups in total. The number of hydrogen-bond donors (Lipinski definition) is 3. The zero-order valence-electron chi connectivity index (χ0n) is 9.62. The van der Waals surface area contributed by atoms with Crippen molar-refractivity contribution >= 4 is 16.0 Å². The largest absolute Gasteiger partial charge is 0.476 e. The summed E-state index contributed by atoms with van der Waals surface area (Å²) in [4.78, 5) is 10.6. The molecule has 1 aromatic heterocycles. The van der Waals surface area contributed by atoms with Crippen molar-refractivity contribution in [3.8, 4) is 0 Å². The summed E-state index contributed by atoms with van der Waals surface area (Å²) in [7, 11) is -3.94. The predicted octanol–water partition coefficient (Wildman–Crippen LogP) is -0.828. The topological polar surface area (TPSA) is 124 Å². The highest BCUT2D eigenvalue weighted by atomic mass is 32.2. The first-order valence-corrected chi connectivity index (χ1v) is 6.74. The molecule has 2 heterocycles. The van der Waals surface area contributed by atoms with Crippen molar-refractivity contribution in [3.05, 3.63) is 11.4 Å². The third-order valence-corrected chi connectivity index (χ3v) is 4.84. The lowest BCUT2D eigenvalue weighted by atomic mass is 10.3. The standard InChI is InChI=1S/C9H13N3O5S/c1-5-8(7(9(14)15)11-10-5)18(16,17)12-3-2-6(13)4-12/h6,13H,2-4H2,1H3,(H,10,11)(H,14,15)/t6-/m0/s1. The molecule has 1 saturated heterocycles. The second-order valence-corrected chi connectivity index (χ2v) is 6.01. The van der Waals surface area contributed by atoms with E-state index in [-0.39, 0.29) is 23.7 Å². The number of H-pyrrole nitrogens is 1. The summed E-state index contributed by atoms with van der Waals surface area (Å²) in [6.07, 6.45) is -0.362. The molecular formula is C9H13N3O5S. The summed E-state index contributed by atoms with van der Waals surface area (Å²) < 4.78 is 25.6. The van der Waals surface area contributed by atoms with Crippen molar-refractivity contribution in [3.63, 3.8) is 0 Å². The van der Waals surface area contributed by atoms with E-state index in [1.54, 1.807) is 0 Å². The Morgan fingerprint density at radius 2 is 2.22 bits per heavy atom. The van der Waals surface area contributed by atoms with Crippen LogP contribution in [0.5, 0.6) is 0 Å². The molecule has 0 unspecified atom stereocenters. The highest BCUT2D eigenvalue weighted by Crippen LogP contribution is 2.25. The zero-order chi connectivity index (χ0) is 13.5. The Labute approximate surface area is 103 Å². The SMILES string of the molecule is Cc1[nH]nc(C(=O)O)c1S(=O)(=O)N1CC[C@H](O)C1. The quantitative estimate of drug-likeness (QED) is 0.661. The van der Waals surface area contributed by atoms with Gasteiger partial charge in [0, 0.05) is 13.1 Å². The molecule has 1 aliphatic rings. The first-order valence-electron chi connectivity index (χ1n) is 5.30. The van der Waals surface area contributed by atoms with E-state index in [9.17, 15) is 18.3 Å². The molecule has 0 spiro atoms. The van der Waals surface area contributed by atoms with Gasteiger partial charge in [0.05, 0.1) is 11.8 Å². The summed E-state index contributed by atoms with van der Waals surface area (Å²) in [6, 6.07) is 0. The minimum Gasteiger partial charge on any atom is -0.476 e. The van der Waals surface area contributed by atoms with Crippen LogP contribution >= 0.6 is 0 Å². The van der Waals surface area contributed by atoms with Crippen LogP contribution in [-0.2, 0) is 10.0 Å². The predicted molar refractivity (Wildman–Crippen MR) is 59.7 cm³/mol. The number of sulfonamides is 1. The van der Waals surface area contributed by atoms with Gasteiger partial charge in [0.15, 0.2) is 5.69 Å². The number of hydrogen-bond acceptors (Lipinski definition) is 5. The molecule has 0 saturated carbocycles. The second-order valence-electron chi connectivity index (χ2n) is 4.14. The summed E-state index contributed by atoms with van der Waals surface area (Å²) in [6.45, 7) is 1.60. The van der Waals surface area contributed by atoms with Gasteiger partial charge >= 0.3 is 5.97 Å². The van der Waals surface area contributed by atoms with E-state index >= 15 is 0 Å². The number of nitrogens with zero attached hydrogens (tertiary/aromatic N) is 2. The number of aromatic carboxylic acids is 1. The highest BCUT2D eigenvalue weighted by Gasteiger charge is 2.37. The van der Waals surface area contributed by atoms with Crippen LogP contribution < -0.4 is 0 Å². The Morgan fingerprint density at radius 1 is 1.56 bits per heavy atom. The minimum absolute atomic E-state index is 0.0218. The van der Waals surface area contributed by atoms with E-state index in [1.165, 1.54) is 6.92 Å². The van der Waals surface area contributed by atoms with E-state index in [2.05, 4.69) is 10.2 Å². The van der Waals surface area contributed by atoms with Gasteiger partial charge in [-0.3, -0.25) is 5.10 Å². The van der Waals surface area contributed by atoms with Crippen molar-refractivity contribution in [2.45, 2.75) is 24.3 Å². The number of carbonyl (C=O) groups is 1. The van der Waals surface area contributed by atoms with Crippen molar-refractivity contribution in [2.24, 2.45) is 0 Å². The number of aliphatic hydroxyl groups excluding tert-OH is 1. The fourth-order valence-corrected chi connectivity index (χ4v) is 3.72. The number of aromatic nitrogens is 2. The third kappa shape index (κ3) is 2.00. The maximum absolute atomic E-state index is 12.3. The van der Waals surface area contributed by atoms with Crippen LogP contribution in [0.1, 0.15) is 22.6 Å². The molecule has 18 heavy (non-hydrogen) atoms. The molecule has 0 radical (unpaired) electrons. The lowest BCUT2D eigenvalue weighted by Crippen LogP contribution is -2.31. The fraction of sp³-hybridized carbons (Fsp3) is 0.556. The van der Waals surface area contributed by atoms with E-state index in [4.69, 9.17) is 5.11 Å². The molecule has 0 amide bonds.